The van der Waals surface area contributed by atoms with Crippen LogP contribution in [0.15, 0.2) is 22.8 Å². The second-order valence-corrected chi connectivity index (χ2v) is 2.89. The van der Waals surface area contributed by atoms with Crippen LogP contribution in [0.25, 0.3) is 0 Å². The predicted octanol–water partition coefficient (Wildman–Crippen LogP) is 2.23. The first kappa shape index (κ1) is 8.46. The Kier molecular flexibility index (Phi) is 3.29. The number of anilines is 1. The van der Waals surface area contributed by atoms with Crippen LogP contribution in [0.5, 0.6) is 0 Å². The number of nitrogens with one attached hydrogen (secondary N) is 1. The van der Waals surface area contributed by atoms with Crippen molar-refractivity contribution in [3.63, 3.8) is 0 Å². The second kappa shape index (κ2) is 4.28. The van der Waals surface area contributed by atoms with Gasteiger partial charge in [-0.3, -0.25) is 0 Å². The summed E-state index contributed by atoms with van der Waals surface area (Å²) in [6.45, 7) is -0.0718. The maximum absolute atomic E-state index is 11.7. The minimum atomic E-state index is -0.381. The third-order valence-corrected chi connectivity index (χ3v) is 1.62. The van der Waals surface area contributed by atoms with Crippen molar-refractivity contribution >= 4 is 21.7 Å². The van der Waals surface area contributed by atoms with Crippen molar-refractivity contribution in [2.45, 2.75) is 0 Å². The minimum Gasteiger partial charge on any atom is -0.367 e. The Labute approximate surface area is 73.0 Å². The summed E-state index contributed by atoms with van der Waals surface area (Å²) in [5, 5.41) is 2.82. The average molecular weight is 219 g/mol. The molecule has 0 aliphatic carbocycles. The summed E-state index contributed by atoms with van der Waals surface area (Å²) in [7, 11) is 0. The molecule has 0 aromatic carbocycles. The molecule has 0 unspecified atom stereocenters. The summed E-state index contributed by atoms with van der Waals surface area (Å²) >= 11 is 3.28. The third-order valence-electron chi connectivity index (χ3n) is 1.12. The maximum Gasteiger partial charge on any atom is 0.127 e. The summed E-state index contributed by atoms with van der Waals surface area (Å²) in [5.74, 6) is 0.692. The Hall–Kier alpha value is -0.640. The first-order valence-electron chi connectivity index (χ1n) is 3.24. The molecule has 1 heterocycles. The number of aromatic nitrogens is 1. The molecule has 1 N–H and O–H groups in total. The van der Waals surface area contributed by atoms with Crippen molar-refractivity contribution in [3.8, 4) is 0 Å². The average Bonchev–Trinajstić information content (AvgIpc) is 2.01. The van der Waals surface area contributed by atoms with E-state index in [1.807, 2.05) is 6.07 Å². The van der Waals surface area contributed by atoms with Crippen molar-refractivity contribution in [2.75, 3.05) is 18.5 Å². The molecule has 0 amide bonds. The molecule has 0 saturated heterocycles. The molecule has 0 bridgehead atoms. The first-order valence-corrected chi connectivity index (χ1v) is 4.03. The van der Waals surface area contributed by atoms with Gasteiger partial charge in [-0.05, 0) is 12.1 Å². The smallest absolute Gasteiger partial charge is 0.127 e. The summed E-state index contributed by atoms with van der Waals surface area (Å²) < 4.78 is 12.6. The van der Waals surface area contributed by atoms with Gasteiger partial charge in [0.25, 0.3) is 0 Å². The van der Waals surface area contributed by atoms with Crippen LogP contribution in [0.3, 0.4) is 0 Å². The quantitative estimate of drug-likeness (QED) is 0.842. The molecule has 4 heteroatoms. The zero-order chi connectivity index (χ0) is 8.10. The highest BCUT2D eigenvalue weighted by Crippen LogP contribution is 2.11. The predicted molar refractivity (Wildman–Crippen MR) is 46.4 cm³/mol. The molecule has 0 fully saturated rings. The molecule has 0 radical (unpaired) electrons. The van der Waals surface area contributed by atoms with Gasteiger partial charge < -0.3 is 5.32 Å². The molecule has 1 aromatic heterocycles. The second-order valence-electron chi connectivity index (χ2n) is 1.98. The van der Waals surface area contributed by atoms with Gasteiger partial charge in [-0.25, -0.2) is 9.37 Å². The summed E-state index contributed by atoms with van der Waals surface area (Å²) in [5.41, 5.74) is 0. The van der Waals surface area contributed by atoms with Gasteiger partial charge in [0, 0.05) is 17.2 Å². The standard InChI is InChI=1S/C7H8BrFN2/c8-6-1-3-10-7(5-6)11-4-2-9/h1,3,5H,2,4H2,(H,10,11). The summed E-state index contributed by atoms with van der Waals surface area (Å²) in [6.07, 6.45) is 1.66. The van der Waals surface area contributed by atoms with Gasteiger partial charge in [-0.1, -0.05) is 15.9 Å². The van der Waals surface area contributed by atoms with Crippen molar-refractivity contribution in [2.24, 2.45) is 0 Å². The molecule has 60 valence electrons. The Bertz CT molecular complexity index is 229. The number of pyridine rings is 1. The third kappa shape index (κ3) is 2.84. The van der Waals surface area contributed by atoms with Crippen LogP contribution in [0.4, 0.5) is 10.2 Å². The molecule has 0 aliphatic rings. The van der Waals surface area contributed by atoms with Crippen LogP contribution in [0, 0.1) is 0 Å². The van der Waals surface area contributed by atoms with E-state index in [0.29, 0.717) is 12.4 Å². The van der Waals surface area contributed by atoms with Crippen molar-refractivity contribution in [3.05, 3.63) is 22.8 Å². The zero-order valence-electron chi connectivity index (χ0n) is 5.85. The fourth-order valence-corrected chi connectivity index (χ4v) is 1.01. The van der Waals surface area contributed by atoms with Crippen LogP contribution < -0.4 is 5.32 Å². The number of alkyl halides is 1. The molecule has 2 nitrogen and oxygen atoms in total. The van der Waals surface area contributed by atoms with Gasteiger partial charge in [0.2, 0.25) is 0 Å². The van der Waals surface area contributed by atoms with Gasteiger partial charge in [0.1, 0.15) is 12.5 Å². The zero-order valence-corrected chi connectivity index (χ0v) is 7.44. The highest BCUT2D eigenvalue weighted by Gasteiger charge is 1.92. The summed E-state index contributed by atoms with van der Waals surface area (Å²) in [6, 6.07) is 3.62. The lowest BCUT2D eigenvalue weighted by molar-refractivity contribution is 0.512. The molecule has 1 aromatic rings. The van der Waals surface area contributed by atoms with Crippen LogP contribution in [-0.2, 0) is 0 Å². The number of halogens is 2. The topological polar surface area (TPSA) is 24.9 Å². The first-order chi connectivity index (χ1) is 5.33. The largest absolute Gasteiger partial charge is 0.367 e. The van der Waals surface area contributed by atoms with Crippen molar-refractivity contribution < 1.29 is 4.39 Å². The van der Waals surface area contributed by atoms with Gasteiger partial charge >= 0.3 is 0 Å². The van der Waals surface area contributed by atoms with Gasteiger partial charge in [-0.2, -0.15) is 0 Å². The Morgan fingerprint density at radius 3 is 3.09 bits per heavy atom. The number of rotatable bonds is 3. The van der Waals surface area contributed by atoms with E-state index in [1.165, 1.54) is 0 Å². The lowest BCUT2D eigenvalue weighted by Gasteiger charge is -2.01. The molecule has 11 heavy (non-hydrogen) atoms. The fourth-order valence-electron chi connectivity index (χ4n) is 0.677. The molecule has 0 aliphatic heterocycles. The van der Waals surface area contributed by atoms with E-state index in [4.69, 9.17) is 0 Å². The fraction of sp³-hybridized carbons (Fsp3) is 0.286. The van der Waals surface area contributed by atoms with Crippen molar-refractivity contribution in [1.82, 2.24) is 4.98 Å². The van der Waals surface area contributed by atoms with Gasteiger partial charge in [-0.15, -0.1) is 0 Å². The minimum absolute atomic E-state index is 0.309. The highest BCUT2D eigenvalue weighted by atomic mass is 79.9. The van der Waals surface area contributed by atoms with E-state index in [2.05, 4.69) is 26.2 Å². The maximum atomic E-state index is 11.7. The Morgan fingerprint density at radius 1 is 1.64 bits per heavy atom. The van der Waals surface area contributed by atoms with E-state index < -0.39 is 0 Å². The number of nitrogens with zero attached hydrogens (tertiary/aromatic N) is 1. The highest BCUT2D eigenvalue weighted by molar-refractivity contribution is 9.10. The monoisotopic (exact) mass is 218 g/mol. The van der Waals surface area contributed by atoms with E-state index in [-0.39, 0.29) is 6.67 Å². The molecular formula is C7H8BrFN2. The Morgan fingerprint density at radius 2 is 2.45 bits per heavy atom. The van der Waals surface area contributed by atoms with E-state index >= 15 is 0 Å². The van der Waals surface area contributed by atoms with Crippen molar-refractivity contribution in [1.29, 1.82) is 0 Å². The Balaban J connectivity index is 2.56. The van der Waals surface area contributed by atoms with Gasteiger partial charge in [0.15, 0.2) is 0 Å². The number of hydrogen-bond donors (Lipinski definition) is 1. The molecular weight excluding hydrogens is 211 g/mol. The van der Waals surface area contributed by atoms with E-state index in [9.17, 15) is 4.39 Å². The lowest BCUT2D eigenvalue weighted by Crippen LogP contribution is -2.03. The SMILES string of the molecule is FCCNc1cc(Br)ccn1. The van der Waals surface area contributed by atoms with Crippen LogP contribution >= 0.6 is 15.9 Å². The molecule has 0 saturated carbocycles. The molecule has 1 rings (SSSR count). The van der Waals surface area contributed by atoms with Crippen LogP contribution in [0.2, 0.25) is 0 Å². The molecule has 0 spiro atoms. The summed E-state index contributed by atoms with van der Waals surface area (Å²) in [4.78, 5) is 3.97. The van der Waals surface area contributed by atoms with E-state index in [0.717, 1.165) is 4.47 Å². The van der Waals surface area contributed by atoms with E-state index in [1.54, 1.807) is 12.3 Å². The van der Waals surface area contributed by atoms with Crippen LogP contribution in [0.1, 0.15) is 0 Å². The van der Waals surface area contributed by atoms with Gasteiger partial charge in [0.05, 0.1) is 0 Å². The normalized spacial score (nSPS) is 9.64. The molecule has 0 atom stereocenters. The number of hydrogen-bond acceptors (Lipinski definition) is 2. The van der Waals surface area contributed by atoms with Crippen LogP contribution in [-0.4, -0.2) is 18.2 Å². The lowest BCUT2D eigenvalue weighted by atomic mass is 10.4.